The smallest absolute Gasteiger partial charge is 0.228 e. The van der Waals surface area contributed by atoms with E-state index in [9.17, 15) is 4.79 Å². The molecule has 5 rings (SSSR count). The molecule has 3 N–H and O–H groups in total. The lowest BCUT2D eigenvalue weighted by Gasteiger charge is -2.35. The van der Waals surface area contributed by atoms with Gasteiger partial charge in [0.25, 0.3) is 0 Å². The molecule has 0 aliphatic carbocycles. The van der Waals surface area contributed by atoms with E-state index in [1.165, 1.54) is 24.0 Å². The average molecular weight is 417 g/mol. The zero-order valence-electron chi connectivity index (χ0n) is 18.4. The maximum atomic E-state index is 13.9. The summed E-state index contributed by atoms with van der Waals surface area (Å²) < 4.78 is 0. The fraction of sp³-hybridized carbons (Fsp3) is 0.462. The van der Waals surface area contributed by atoms with Gasteiger partial charge < -0.3 is 10.6 Å². The molecule has 0 radical (unpaired) electrons. The van der Waals surface area contributed by atoms with Gasteiger partial charge in [-0.2, -0.15) is 0 Å². The van der Waals surface area contributed by atoms with E-state index in [0.29, 0.717) is 30.3 Å². The molecule has 2 aromatic carbocycles. The van der Waals surface area contributed by atoms with E-state index in [0.717, 1.165) is 12.1 Å². The van der Waals surface area contributed by atoms with E-state index in [1.54, 1.807) is 0 Å². The summed E-state index contributed by atoms with van der Waals surface area (Å²) in [5.74, 6) is 1.19. The quantitative estimate of drug-likeness (QED) is 0.575. The van der Waals surface area contributed by atoms with Gasteiger partial charge in [0.2, 0.25) is 5.91 Å². The van der Waals surface area contributed by atoms with E-state index < -0.39 is 0 Å². The van der Waals surface area contributed by atoms with Gasteiger partial charge in [-0.3, -0.25) is 15.1 Å². The van der Waals surface area contributed by atoms with Crippen LogP contribution in [0.2, 0.25) is 0 Å². The Hall–Kier alpha value is -2.66. The Balaban J connectivity index is 1.53. The van der Waals surface area contributed by atoms with Crippen LogP contribution in [0.4, 0.5) is 0 Å². The second-order valence-corrected chi connectivity index (χ2v) is 9.72. The minimum Gasteiger partial charge on any atom is -0.384 e. The Bertz CT molecular complexity index is 971. The third-order valence-electron chi connectivity index (χ3n) is 7.66. The summed E-state index contributed by atoms with van der Waals surface area (Å²) in [7, 11) is 0. The van der Waals surface area contributed by atoms with Crippen LogP contribution in [0.15, 0.2) is 54.6 Å². The van der Waals surface area contributed by atoms with Crippen molar-refractivity contribution in [3.63, 3.8) is 0 Å². The Morgan fingerprint density at radius 3 is 2.48 bits per heavy atom. The molecule has 3 aliphatic heterocycles. The second kappa shape index (κ2) is 7.79. The van der Waals surface area contributed by atoms with Crippen LogP contribution >= 0.6 is 0 Å². The van der Waals surface area contributed by atoms with Gasteiger partial charge in [0.15, 0.2) is 0 Å². The highest BCUT2D eigenvalue weighted by molar-refractivity contribution is 5.95. The van der Waals surface area contributed by atoms with Crippen LogP contribution < -0.4 is 5.73 Å². The molecule has 0 unspecified atom stereocenters. The number of nitrogen functional groups attached to an aromatic ring is 1. The summed E-state index contributed by atoms with van der Waals surface area (Å²) in [6.07, 6.45) is 2.38. The summed E-state index contributed by atoms with van der Waals surface area (Å²) in [4.78, 5) is 18.7. The molecule has 5 atom stereocenters. The zero-order chi connectivity index (χ0) is 21.7. The van der Waals surface area contributed by atoms with Crippen molar-refractivity contribution < 1.29 is 4.79 Å². The molecule has 2 aromatic rings. The normalized spacial score (nSPS) is 30.1. The van der Waals surface area contributed by atoms with Gasteiger partial charge in [-0.25, -0.2) is 0 Å². The van der Waals surface area contributed by atoms with Gasteiger partial charge in [0.05, 0.1) is 5.92 Å². The summed E-state index contributed by atoms with van der Waals surface area (Å²) in [6, 6.07) is 19.3. The van der Waals surface area contributed by atoms with Gasteiger partial charge in [-0.05, 0) is 36.4 Å². The number of hydrogen-bond donors (Lipinski definition) is 2. The van der Waals surface area contributed by atoms with E-state index >= 15 is 0 Å². The first kappa shape index (κ1) is 20.3. The Morgan fingerprint density at radius 2 is 1.84 bits per heavy atom. The number of amides is 1. The standard InChI is InChI=1S/C26H32N4O/c1-16(2)23-21-20-9-6-14-29(20)24(18-10-12-19(13-11-18)25(27)28)22(21)26(31)30(23)15-17-7-4-3-5-8-17/h3-5,7-8,10-13,16,20-24H,6,9,14-15H2,1-2H3,(H3,27,28)/t20-,21-,22-,23-,24-/m1/s1. The number of nitrogens with one attached hydrogen (secondary N) is 1. The molecule has 0 saturated carbocycles. The fourth-order valence-electron chi connectivity index (χ4n) is 6.54. The van der Waals surface area contributed by atoms with Crippen molar-refractivity contribution >= 4 is 11.7 Å². The lowest BCUT2D eigenvalue weighted by molar-refractivity contribution is -0.134. The molecule has 3 heterocycles. The number of carbonyl (C=O) groups is 1. The highest BCUT2D eigenvalue weighted by Gasteiger charge is 2.62. The van der Waals surface area contributed by atoms with Crippen LogP contribution in [-0.2, 0) is 11.3 Å². The highest BCUT2D eigenvalue weighted by Crippen LogP contribution is 2.56. The molecule has 5 heteroatoms. The zero-order valence-corrected chi connectivity index (χ0v) is 18.4. The van der Waals surface area contributed by atoms with Crippen molar-refractivity contribution in [2.24, 2.45) is 23.5 Å². The van der Waals surface area contributed by atoms with Crippen LogP contribution in [0.25, 0.3) is 0 Å². The molecular weight excluding hydrogens is 384 g/mol. The van der Waals surface area contributed by atoms with Crippen molar-refractivity contribution in [1.29, 1.82) is 5.41 Å². The lowest BCUT2D eigenvalue weighted by Crippen LogP contribution is -2.44. The van der Waals surface area contributed by atoms with Crippen LogP contribution in [-0.4, -0.2) is 40.2 Å². The first-order chi connectivity index (χ1) is 15.0. The number of nitrogens with two attached hydrogens (primary N) is 1. The second-order valence-electron chi connectivity index (χ2n) is 9.72. The first-order valence-corrected chi connectivity index (χ1v) is 11.5. The minimum atomic E-state index is 0.00425. The van der Waals surface area contributed by atoms with Crippen molar-refractivity contribution in [1.82, 2.24) is 9.80 Å². The summed E-state index contributed by atoms with van der Waals surface area (Å²) >= 11 is 0. The first-order valence-electron chi connectivity index (χ1n) is 11.5. The molecule has 3 aliphatic rings. The number of carbonyl (C=O) groups excluding carboxylic acids is 1. The lowest BCUT2D eigenvalue weighted by atomic mass is 9.79. The third kappa shape index (κ3) is 3.26. The monoisotopic (exact) mass is 416 g/mol. The summed E-state index contributed by atoms with van der Waals surface area (Å²) in [5.41, 5.74) is 8.78. The van der Waals surface area contributed by atoms with Crippen LogP contribution in [0.5, 0.6) is 0 Å². The number of fused-ring (bicyclic) bond motifs is 3. The maximum absolute atomic E-state index is 13.9. The minimum absolute atomic E-state index is 0.00425. The van der Waals surface area contributed by atoms with E-state index in [1.807, 2.05) is 18.2 Å². The molecule has 3 fully saturated rings. The number of benzene rings is 2. The van der Waals surface area contributed by atoms with Gasteiger partial charge in [0.1, 0.15) is 5.84 Å². The van der Waals surface area contributed by atoms with E-state index in [-0.39, 0.29) is 23.8 Å². The maximum Gasteiger partial charge on any atom is 0.228 e. The van der Waals surface area contributed by atoms with Gasteiger partial charge in [-0.1, -0.05) is 68.4 Å². The van der Waals surface area contributed by atoms with Crippen LogP contribution in [0.1, 0.15) is 49.4 Å². The van der Waals surface area contributed by atoms with Gasteiger partial charge in [0, 0.05) is 36.2 Å². The predicted octanol–water partition coefficient (Wildman–Crippen LogP) is 3.79. The molecule has 0 bridgehead atoms. The van der Waals surface area contributed by atoms with Gasteiger partial charge in [-0.15, -0.1) is 0 Å². The number of hydrogen-bond acceptors (Lipinski definition) is 3. The van der Waals surface area contributed by atoms with E-state index in [2.05, 4.69) is 60.0 Å². The molecule has 31 heavy (non-hydrogen) atoms. The molecule has 3 saturated heterocycles. The Morgan fingerprint density at radius 1 is 1.13 bits per heavy atom. The van der Waals surface area contributed by atoms with Crippen molar-refractivity contribution in [2.45, 2.75) is 51.4 Å². The summed E-state index contributed by atoms with van der Waals surface area (Å²) in [5, 5.41) is 7.70. The number of rotatable bonds is 5. The van der Waals surface area contributed by atoms with Crippen molar-refractivity contribution in [2.75, 3.05) is 6.54 Å². The van der Waals surface area contributed by atoms with E-state index in [4.69, 9.17) is 11.1 Å². The molecular formula is C26H32N4O. The SMILES string of the molecule is CC(C)[C@@H]1[C@H]2[C@@H](C(=O)N1Cc1ccccc1)[C@@H](c1ccc(C(=N)N)cc1)N1CCC[C@H]21. The molecule has 162 valence electrons. The fourth-order valence-corrected chi connectivity index (χ4v) is 6.54. The highest BCUT2D eigenvalue weighted by atomic mass is 16.2. The number of likely N-dealkylation sites (tertiary alicyclic amines) is 1. The topological polar surface area (TPSA) is 73.4 Å². The van der Waals surface area contributed by atoms with Crippen molar-refractivity contribution in [3.05, 3.63) is 71.3 Å². The van der Waals surface area contributed by atoms with Crippen LogP contribution in [0.3, 0.4) is 0 Å². The predicted molar refractivity (Wildman–Crippen MR) is 123 cm³/mol. The molecule has 5 nitrogen and oxygen atoms in total. The molecule has 0 aromatic heterocycles. The average Bonchev–Trinajstić information content (AvgIpc) is 3.41. The van der Waals surface area contributed by atoms with Gasteiger partial charge >= 0.3 is 0 Å². The Labute approximate surface area is 184 Å². The number of amidine groups is 1. The Kier molecular flexibility index (Phi) is 5.09. The molecule has 1 amide bonds. The van der Waals surface area contributed by atoms with Crippen molar-refractivity contribution in [3.8, 4) is 0 Å². The van der Waals surface area contributed by atoms with Crippen LogP contribution in [0, 0.1) is 23.2 Å². The summed E-state index contributed by atoms with van der Waals surface area (Å²) in [6.45, 7) is 6.30. The number of nitrogens with zero attached hydrogens (tertiary/aromatic N) is 2. The third-order valence-corrected chi connectivity index (χ3v) is 7.66. The molecule has 0 spiro atoms. The largest absolute Gasteiger partial charge is 0.384 e.